The molecular weight excluding hydrogens is 326 g/mol. The van der Waals surface area contributed by atoms with Crippen LogP contribution in [0.15, 0.2) is 4.79 Å². The second-order valence-corrected chi connectivity index (χ2v) is 12.6. The number of nitrogen functional groups attached to an aromatic ring is 1. The van der Waals surface area contributed by atoms with Crippen LogP contribution in [0.3, 0.4) is 0 Å². The molecule has 1 unspecified atom stereocenters. The average Bonchev–Trinajstić information content (AvgIpc) is 2.85. The van der Waals surface area contributed by atoms with Crippen molar-refractivity contribution in [2.24, 2.45) is 0 Å². The van der Waals surface area contributed by atoms with Crippen molar-refractivity contribution in [2.75, 3.05) is 35.8 Å². The quantitative estimate of drug-likeness (QED) is 0.569. The van der Waals surface area contributed by atoms with Crippen LogP contribution in [0.5, 0.6) is 0 Å². The average molecular weight is 356 g/mol. The van der Waals surface area contributed by atoms with Crippen LogP contribution in [0.1, 0.15) is 27.2 Å². The van der Waals surface area contributed by atoms with Gasteiger partial charge in [0.1, 0.15) is 5.69 Å². The van der Waals surface area contributed by atoms with E-state index in [0.717, 1.165) is 0 Å². The lowest BCUT2D eigenvalue weighted by Crippen LogP contribution is -2.43. The number of nitrogens with two attached hydrogens (primary N) is 1. The lowest BCUT2D eigenvalue weighted by molar-refractivity contribution is 0.0944. The number of rotatable bonds is 6. The second kappa shape index (κ2) is 6.73. The van der Waals surface area contributed by atoms with Gasteiger partial charge in [-0.2, -0.15) is 4.98 Å². The van der Waals surface area contributed by atoms with E-state index < -0.39 is 14.4 Å². The summed E-state index contributed by atoms with van der Waals surface area (Å²) >= 11 is 0. The molecule has 0 spiro atoms. The van der Waals surface area contributed by atoms with Crippen LogP contribution in [0, 0.1) is 0 Å². The Kier molecular flexibility index (Phi) is 5.26. The number of hydrogen-bond acceptors (Lipinski definition) is 7. The van der Waals surface area contributed by atoms with Gasteiger partial charge >= 0.3 is 0 Å². The van der Waals surface area contributed by atoms with Crippen LogP contribution < -0.4 is 21.5 Å². The number of aromatic amines is 1. The predicted octanol–water partition coefficient (Wildman–Crippen LogP) is 1.31. The first-order valence-electron chi connectivity index (χ1n) is 8.22. The summed E-state index contributed by atoms with van der Waals surface area (Å²) in [6.45, 7) is 12.2. The van der Waals surface area contributed by atoms with E-state index in [-0.39, 0.29) is 16.5 Å². The van der Waals surface area contributed by atoms with Gasteiger partial charge in [-0.05, 0) is 24.6 Å². The topological polar surface area (TPSA) is 116 Å². The summed E-state index contributed by atoms with van der Waals surface area (Å²) < 4.78 is 6.04. The van der Waals surface area contributed by atoms with E-state index in [1.165, 1.54) is 0 Å². The first-order valence-corrected chi connectivity index (χ1v) is 11.1. The van der Waals surface area contributed by atoms with E-state index >= 15 is 0 Å². The highest BCUT2D eigenvalue weighted by molar-refractivity contribution is 6.74. The van der Waals surface area contributed by atoms with Crippen molar-refractivity contribution in [3.05, 3.63) is 10.4 Å². The van der Waals surface area contributed by atoms with Crippen LogP contribution in [-0.2, 0) is 4.43 Å². The number of aliphatic hydroxyl groups is 1. The third kappa shape index (κ3) is 4.08. The first kappa shape index (κ1) is 18.8. The fourth-order valence-corrected chi connectivity index (χ4v) is 3.25. The number of aliphatic hydroxyl groups excluding tert-OH is 1. The van der Waals surface area contributed by atoms with Crippen LogP contribution in [0.25, 0.3) is 0 Å². The molecule has 1 aromatic rings. The Labute approximate surface area is 143 Å². The predicted molar refractivity (Wildman–Crippen MR) is 98.9 cm³/mol. The van der Waals surface area contributed by atoms with Crippen molar-refractivity contribution >= 4 is 25.8 Å². The molecule has 136 valence electrons. The fourth-order valence-electron chi connectivity index (χ4n) is 2.21. The highest BCUT2D eigenvalue weighted by Crippen LogP contribution is 2.36. The maximum absolute atomic E-state index is 11.8. The largest absolute Gasteiger partial charge is 0.414 e. The number of aromatic nitrogens is 2. The van der Waals surface area contributed by atoms with Crippen LogP contribution >= 0.6 is 0 Å². The summed E-state index contributed by atoms with van der Waals surface area (Å²) in [5.74, 6) is 0.628. The zero-order valence-electron chi connectivity index (χ0n) is 15.1. The summed E-state index contributed by atoms with van der Waals surface area (Å²) in [7, 11) is -1.86. The minimum absolute atomic E-state index is 0.0919. The standard InChI is InChI=1S/C15H29N5O3Si/c1-15(2,3)24(4,5)23-8-10(21)6-7-20-9-17-11-12(20)18-14(16)19-13(11)22/h10,17,21H,6-9H2,1-5H3,(H3,16,18,19,22). The summed E-state index contributed by atoms with van der Waals surface area (Å²) in [5, 5.41) is 13.4. The molecule has 8 nitrogen and oxygen atoms in total. The molecule has 0 bridgehead atoms. The Morgan fingerprint density at radius 3 is 2.75 bits per heavy atom. The second-order valence-electron chi connectivity index (χ2n) is 7.76. The van der Waals surface area contributed by atoms with Gasteiger partial charge in [0.2, 0.25) is 5.95 Å². The number of nitrogens with one attached hydrogen (secondary N) is 2. The molecule has 1 aliphatic heterocycles. The molecule has 0 aromatic carbocycles. The van der Waals surface area contributed by atoms with Gasteiger partial charge in [0.15, 0.2) is 14.1 Å². The van der Waals surface area contributed by atoms with Crippen molar-refractivity contribution in [1.82, 2.24) is 9.97 Å². The maximum atomic E-state index is 11.8. The number of fused-ring (bicyclic) bond motifs is 1. The lowest BCUT2D eigenvalue weighted by Gasteiger charge is -2.36. The summed E-state index contributed by atoms with van der Waals surface area (Å²) in [6, 6.07) is 0. The van der Waals surface area contributed by atoms with Gasteiger partial charge in [0.25, 0.3) is 5.56 Å². The van der Waals surface area contributed by atoms with Gasteiger partial charge in [-0.25, -0.2) is 0 Å². The molecule has 9 heteroatoms. The zero-order valence-corrected chi connectivity index (χ0v) is 16.1. The normalized spacial score (nSPS) is 16.0. The molecule has 1 atom stereocenters. The maximum Gasteiger partial charge on any atom is 0.277 e. The third-order valence-corrected chi connectivity index (χ3v) is 9.34. The van der Waals surface area contributed by atoms with E-state index in [9.17, 15) is 9.90 Å². The molecule has 0 radical (unpaired) electrons. The molecular formula is C15H29N5O3Si. The van der Waals surface area contributed by atoms with E-state index in [0.29, 0.717) is 37.7 Å². The van der Waals surface area contributed by atoms with Gasteiger partial charge < -0.3 is 25.5 Å². The molecule has 0 aliphatic carbocycles. The summed E-state index contributed by atoms with van der Waals surface area (Å²) in [4.78, 5) is 20.3. The lowest BCUT2D eigenvalue weighted by atomic mass is 10.2. The molecule has 0 saturated heterocycles. The Bertz CT molecular complexity index is 641. The first-order chi connectivity index (χ1) is 11.0. The zero-order chi connectivity index (χ0) is 18.1. The molecule has 24 heavy (non-hydrogen) atoms. The molecule has 5 N–H and O–H groups in total. The van der Waals surface area contributed by atoms with Gasteiger partial charge in [0.05, 0.1) is 19.4 Å². The minimum atomic E-state index is -1.86. The van der Waals surface area contributed by atoms with Gasteiger partial charge in [-0.15, -0.1) is 0 Å². The highest BCUT2D eigenvalue weighted by Gasteiger charge is 2.37. The number of anilines is 3. The van der Waals surface area contributed by atoms with E-state index in [2.05, 4.69) is 49.1 Å². The van der Waals surface area contributed by atoms with Gasteiger partial charge in [-0.1, -0.05) is 20.8 Å². The van der Waals surface area contributed by atoms with Crippen LogP contribution in [0.4, 0.5) is 17.5 Å². The third-order valence-electron chi connectivity index (χ3n) is 4.84. The Hall–Kier alpha value is -1.58. The van der Waals surface area contributed by atoms with Crippen molar-refractivity contribution in [3.63, 3.8) is 0 Å². The van der Waals surface area contributed by atoms with E-state index in [1.807, 2.05) is 4.90 Å². The SMILES string of the molecule is CC(C)(C)[Si](C)(C)OCC(O)CCN1CNc2c1nc(N)[nH]c2=O. The minimum Gasteiger partial charge on any atom is -0.414 e. The van der Waals surface area contributed by atoms with Gasteiger partial charge in [-0.3, -0.25) is 9.78 Å². The molecule has 2 heterocycles. The molecule has 1 aromatic heterocycles. The van der Waals surface area contributed by atoms with E-state index in [4.69, 9.17) is 10.2 Å². The van der Waals surface area contributed by atoms with Gasteiger partial charge in [0, 0.05) is 6.54 Å². The van der Waals surface area contributed by atoms with Crippen molar-refractivity contribution in [1.29, 1.82) is 0 Å². The summed E-state index contributed by atoms with van der Waals surface area (Å²) in [6.07, 6.45) is -0.0214. The molecule has 0 fully saturated rings. The smallest absolute Gasteiger partial charge is 0.277 e. The molecule has 0 amide bonds. The van der Waals surface area contributed by atoms with Crippen molar-refractivity contribution < 1.29 is 9.53 Å². The number of nitrogens with zero attached hydrogens (tertiary/aromatic N) is 2. The van der Waals surface area contributed by atoms with E-state index in [1.54, 1.807) is 0 Å². The van der Waals surface area contributed by atoms with Crippen LogP contribution in [-0.4, -0.2) is 49.3 Å². The molecule has 2 rings (SSSR count). The van der Waals surface area contributed by atoms with Crippen molar-refractivity contribution in [3.8, 4) is 0 Å². The monoisotopic (exact) mass is 355 g/mol. The Balaban J connectivity index is 1.89. The Morgan fingerprint density at radius 2 is 2.12 bits per heavy atom. The fraction of sp³-hybridized carbons (Fsp3) is 0.733. The van der Waals surface area contributed by atoms with Crippen LogP contribution in [0.2, 0.25) is 18.1 Å². The molecule has 1 aliphatic rings. The number of hydrogen-bond donors (Lipinski definition) is 4. The van der Waals surface area contributed by atoms with Crippen molar-refractivity contribution in [2.45, 2.75) is 51.4 Å². The highest BCUT2D eigenvalue weighted by atomic mass is 28.4. The number of H-pyrrole nitrogens is 1. The summed E-state index contributed by atoms with van der Waals surface area (Å²) in [5.41, 5.74) is 5.75. The molecule has 0 saturated carbocycles. The Morgan fingerprint density at radius 1 is 1.46 bits per heavy atom.